The third-order valence-electron chi connectivity index (χ3n) is 2.51. The van der Waals surface area contributed by atoms with E-state index in [9.17, 15) is 5.11 Å². The number of unbranched alkanes of at least 4 members (excludes halogenated alkanes) is 3. The lowest BCUT2D eigenvalue weighted by atomic mass is 9.89. The van der Waals surface area contributed by atoms with Crippen molar-refractivity contribution in [2.75, 3.05) is 0 Å². The Morgan fingerprint density at radius 2 is 2.08 bits per heavy atom. The van der Waals surface area contributed by atoms with Gasteiger partial charge >= 0.3 is 0 Å². The topological polar surface area (TPSA) is 70.1 Å². The quantitative estimate of drug-likeness (QED) is 0.418. The van der Waals surface area contributed by atoms with Crippen molar-refractivity contribution in [3.8, 4) is 0 Å². The molecule has 0 aromatic carbocycles. The van der Waals surface area contributed by atoms with Crippen molar-refractivity contribution >= 4 is 6.21 Å². The summed E-state index contributed by atoms with van der Waals surface area (Å²) in [5.74, 6) is 0. The minimum atomic E-state index is -0.812. The van der Waals surface area contributed by atoms with E-state index in [0.29, 0.717) is 6.42 Å². The number of aliphatic hydroxyl groups excluding tert-OH is 1. The third-order valence-corrected chi connectivity index (χ3v) is 2.51. The highest BCUT2D eigenvalue weighted by Crippen LogP contribution is 2.15. The lowest BCUT2D eigenvalue weighted by Gasteiger charge is -2.27. The van der Waals surface area contributed by atoms with Gasteiger partial charge in [0.1, 0.15) is 0 Å². The second-order valence-electron chi connectivity index (χ2n) is 3.74. The van der Waals surface area contributed by atoms with E-state index >= 15 is 0 Å². The van der Waals surface area contributed by atoms with Gasteiger partial charge in [-0.3, -0.25) is 0 Å². The number of nitrogens with one attached hydrogen (secondary N) is 1. The van der Waals surface area contributed by atoms with E-state index < -0.39 is 11.6 Å². The molecule has 1 unspecified atom stereocenters. The van der Waals surface area contributed by atoms with Crippen molar-refractivity contribution in [1.82, 2.24) is 0 Å². The normalized spacial score (nSPS) is 17.8. The van der Waals surface area contributed by atoms with E-state index in [1.165, 1.54) is 19.1 Å². The molecule has 0 fully saturated rings. The summed E-state index contributed by atoms with van der Waals surface area (Å²) >= 11 is 0. The van der Waals surface area contributed by atoms with Crippen LogP contribution in [-0.2, 0) is 0 Å². The van der Waals surface area contributed by atoms with Crippen molar-refractivity contribution < 1.29 is 5.11 Å². The molecule has 3 nitrogen and oxygen atoms in total. The van der Waals surface area contributed by atoms with Gasteiger partial charge in [0.15, 0.2) is 0 Å². The maximum atomic E-state index is 9.35. The summed E-state index contributed by atoms with van der Waals surface area (Å²) in [6.45, 7) is 3.80. The minimum absolute atomic E-state index is 0.633. The van der Waals surface area contributed by atoms with Gasteiger partial charge in [0.25, 0.3) is 0 Å². The Hall–Kier alpha value is -0.410. The minimum Gasteiger partial charge on any atom is -0.391 e. The molecule has 0 heterocycles. The lowest BCUT2D eigenvalue weighted by molar-refractivity contribution is 0.132. The van der Waals surface area contributed by atoms with Crippen LogP contribution in [0.25, 0.3) is 0 Å². The zero-order chi connectivity index (χ0) is 10.3. The van der Waals surface area contributed by atoms with Gasteiger partial charge in [0.2, 0.25) is 0 Å². The number of aliphatic hydroxyl groups is 1. The molecule has 0 saturated carbocycles. The summed E-state index contributed by atoms with van der Waals surface area (Å²) in [5.41, 5.74) is 5.02. The fraction of sp³-hybridized carbons (Fsp3) is 0.900. The highest BCUT2D eigenvalue weighted by atomic mass is 16.3. The zero-order valence-corrected chi connectivity index (χ0v) is 8.71. The van der Waals surface area contributed by atoms with Crippen LogP contribution in [0, 0.1) is 5.41 Å². The van der Waals surface area contributed by atoms with Crippen molar-refractivity contribution in [1.29, 1.82) is 5.41 Å². The average molecular weight is 186 g/mol. The van der Waals surface area contributed by atoms with Crippen LogP contribution in [0.1, 0.15) is 46.0 Å². The van der Waals surface area contributed by atoms with Crippen molar-refractivity contribution in [3.05, 3.63) is 0 Å². The van der Waals surface area contributed by atoms with Gasteiger partial charge in [-0.1, -0.05) is 32.6 Å². The monoisotopic (exact) mass is 186 g/mol. The van der Waals surface area contributed by atoms with Gasteiger partial charge in [-0.05, 0) is 13.3 Å². The molecule has 13 heavy (non-hydrogen) atoms. The molecule has 0 spiro atoms. The summed E-state index contributed by atoms with van der Waals surface area (Å²) in [5, 5.41) is 16.5. The highest BCUT2D eigenvalue weighted by molar-refractivity contribution is 5.67. The molecule has 78 valence electrons. The largest absolute Gasteiger partial charge is 0.391 e. The molecule has 2 atom stereocenters. The summed E-state index contributed by atoms with van der Waals surface area (Å²) in [6.07, 6.45) is 5.76. The zero-order valence-electron chi connectivity index (χ0n) is 8.71. The Bertz CT molecular complexity index is 148. The molecule has 0 radical (unpaired) electrons. The predicted molar refractivity (Wildman–Crippen MR) is 56.1 cm³/mol. The molecular weight excluding hydrogens is 164 g/mol. The highest BCUT2D eigenvalue weighted by Gasteiger charge is 2.27. The first-order valence-corrected chi connectivity index (χ1v) is 5.05. The third kappa shape index (κ3) is 4.39. The Morgan fingerprint density at radius 3 is 2.46 bits per heavy atom. The van der Waals surface area contributed by atoms with Crippen LogP contribution in [0.3, 0.4) is 0 Å². The van der Waals surface area contributed by atoms with E-state index in [1.807, 2.05) is 0 Å². The van der Waals surface area contributed by atoms with Crippen molar-refractivity contribution in [3.63, 3.8) is 0 Å². The first kappa shape index (κ1) is 12.6. The molecule has 0 amide bonds. The van der Waals surface area contributed by atoms with Crippen LogP contribution in [0.4, 0.5) is 0 Å². The fourth-order valence-corrected chi connectivity index (χ4v) is 1.26. The van der Waals surface area contributed by atoms with E-state index in [4.69, 9.17) is 11.1 Å². The second kappa shape index (κ2) is 6.11. The van der Waals surface area contributed by atoms with Crippen LogP contribution in [-0.4, -0.2) is 23.0 Å². The standard InChI is InChI=1S/C10H22N2O/c1-3-4-5-6-7-10(12,8-11)9(2)13/h8-9,11,13H,3-7,12H2,1-2H3/t9-,10?/m0/s1. The van der Waals surface area contributed by atoms with E-state index in [1.54, 1.807) is 6.92 Å². The Kier molecular flexibility index (Phi) is 5.91. The van der Waals surface area contributed by atoms with Crippen LogP contribution in [0.15, 0.2) is 0 Å². The number of rotatable bonds is 7. The van der Waals surface area contributed by atoms with Gasteiger partial charge in [0.05, 0.1) is 11.6 Å². The van der Waals surface area contributed by atoms with Crippen LogP contribution in [0.2, 0.25) is 0 Å². The molecule has 0 aliphatic heterocycles. The number of hydrogen-bond donors (Lipinski definition) is 3. The van der Waals surface area contributed by atoms with E-state index in [-0.39, 0.29) is 0 Å². The summed E-state index contributed by atoms with van der Waals surface area (Å²) in [6, 6.07) is 0. The number of hydrogen-bond acceptors (Lipinski definition) is 3. The van der Waals surface area contributed by atoms with Gasteiger partial charge < -0.3 is 16.2 Å². The smallest absolute Gasteiger partial charge is 0.0766 e. The van der Waals surface area contributed by atoms with Gasteiger partial charge in [-0.25, -0.2) is 0 Å². The average Bonchev–Trinajstić information content (AvgIpc) is 2.12. The maximum Gasteiger partial charge on any atom is 0.0766 e. The van der Waals surface area contributed by atoms with E-state index in [0.717, 1.165) is 12.8 Å². The van der Waals surface area contributed by atoms with Gasteiger partial charge in [-0.15, -0.1) is 0 Å². The summed E-state index contributed by atoms with van der Waals surface area (Å²) in [7, 11) is 0. The van der Waals surface area contributed by atoms with Gasteiger partial charge in [-0.2, -0.15) is 0 Å². The molecule has 0 bridgehead atoms. The molecule has 0 aromatic heterocycles. The number of nitrogens with two attached hydrogens (primary N) is 1. The molecule has 3 heteroatoms. The molecule has 4 N–H and O–H groups in total. The van der Waals surface area contributed by atoms with Crippen LogP contribution < -0.4 is 5.73 Å². The summed E-state index contributed by atoms with van der Waals surface area (Å²) in [4.78, 5) is 0. The summed E-state index contributed by atoms with van der Waals surface area (Å²) < 4.78 is 0. The van der Waals surface area contributed by atoms with E-state index in [2.05, 4.69) is 6.92 Å². The first-order valence-electron chi connectivity index (χ1n) is 5.05. The first-order chi connectivity index (χ1) is 6.06. The maximum absolute atomic E-state index is 9.35. The van der Waals surface area contributed by atoms with Crippen molar-refractivity contribution in [2.24, 2.45) is 5.73 Å². The fourth-order valence-electron chi connectivity index (χ4n) is 1.26. The van der Waals surface area contributed by atoms with Crippen LogP contribution in [0.5, 0.6) is 0 Å². The Balaban J connectivity index is 3.78. The lowest BCUT2D eigenvalue weighted by Crippen LogP contribution is -2.50. The molecule has 0 aromatic rings. The molecule has 0 aliphatic rings. The van der Waals surface area contributed by atoms with Gasteiger partial charge in [0, 0.05) is 6.21 Å². The van der Waals surface area contributed by atoms with Crippen LogP contribution >= 0.6 is 0 Å². The second-order valence-corrected chi connectivity index (χ2v) is 3.74. The SMILES string of the molecule is CCCCCCC(N)(C=N)[C@H](C)O. The van der Waals surface area contributed by atoms with Crippen molar-refractivity contribution in [2.45, 2.75) is 57.6 Å². The Labute approximate surface area is 80.8 Å². The predicted octanol–water partition coefficient (Wildman–Crippen LogP) is 1.68. The molecular formula is C10H22N2O. The Morgan fingerprint density at radius 1 is 1.46 bits per heavy atom. The molecule has 0 aliphatic carbocycles. The molecule has 0 rings (SSSR count). The molecule has 0 saturated heterocycles.